The molecular formula is C13H20N2O5. The van der Waals surface area contributed by atoms with E-state index in [1.807, 2.05) is 0 Å². The van der Waals surface area contributed by atoms with Gasteiger partial charge in [-0.05, 0) is 19.3 Å². The fourth-order valence-corrected chi connectivity index (χ4v) is 2.09. The SMILES string of the molecule is C=CCOC(=O)[C@H]1CCCN1C(=O)CCC(N)C(=O)O. The summed E-state index contributed by atoms with van der Waals surface area (Å²) < 4.78 is 4.95. The van der Waals surface area contributed by atoms with Gasteiger partial charge < -0.3 is 20.5 Å². The first-order valence-corrected chi connectivity index (χ1v) is 6.52. The molecule has 0 saturated carbocycles. The number of nitrogens with zero attached hydrogens (tertiary/aromatic N) is 1. The van der Waals surface area contributed by atoms with Crippen LogP contribution in [0.5, 0.6) is 0 Å². The highest BCUT2D eigenvalue weighted by Gasteiger charge is 2.35. The van der Waals surface area contributed by atoms with Crippen molar-refractivity contribution in [2.24, 2.45) is 5.73 Å². The number of carbonyl (C=O) groups is 3. The average Bonchev–Trinajstić information content (AvgIpc) is 2.90. The van der Waals surface area contributed by atoms with Crippen molar-refractivity contribution < 1.29 is 24.2 Å². The van der Waals surface area contributed by atoms with E-state index in [1.165, 1.54) is 11.0 Å². The second-order valence-corrected chi connectivity index (χ2v) is 4.65. The van der Waals surface area contributed by atoms with Gasteiger partial charge in [0.15, 0.2) is 0 Å². The Morgan fingerprint density at radius 2 is 2.20 bits per heavy atom. The van der Waals surface area contributed by atoms with E-state index in [0.717, 1.165) is 6.42 Å². The van der Waals surface area contributed by atoms with Crippen molar-refractivity contribution in [2.45, 2.75) is 37.8 Å². The minimum Gasteiger partial charge on any atom is -0.480 e. The third-order valence-corrected chi connectivity index (χ3v) is 3.18. The molecule has 2 atom stereocenters. The molecule has 1 aliphatic heterocycles. The molecule has 0 aliphatic carbocycles. The average molecular weight is 284 g/mol. The second kappa shape index (κ2) is 7.64. The molecule has 0 spiro atoms. The predicted octanol–water partition coefficient (Wildman–Crippen LogP) is -0.101. The van der Waals surface area contributed by atoms with Crippen LogP contribution < -0.4 is 5.73 Å². The Kier molecular flexibility index (Phi) is 6.17. The van der Waals surface area contributed by atoms with Crippen molar-refractivity contribution in [3.8, 4) is 0 Å². The summed E-state index contributed by atoms with van der Waals surface area (Å²) in [6.45, 7) is 4.04. The van der Waals surface area contributed by atoms with Gasteiger partial charge in [0.2, 0.25) is 5.91 Å². The molecule has 20 heavy (non-hydrogen) atoms. The van der Waals surface area contributed by atoms with Gasteiger partial charge in [-0.3, -0.25) is 9.59 Å². The van der Waals surface area contributed by atoms with Crippen LogP contribution in [0, 0.1) is 0 Å². The van der Waals surface area contributed by atoms with Crippen molar-refractivity contribution in [3.63, 3.8) is 0 Å². The number of carbonyl (C=O) groups excluding carboxylic acids is 2. The van der Waals surface area contributed by atoms with Gasteiger partial charge in [-0.1, -0.05) is 12.7 Å². The standard InChI is InChI=1S/C13H20N2O5/c1-2-8-20-13(19)10-4-3-7-15(10)11(16)6-5-9(14)12(17)18/h2,9-10H,1,3-8,14H2,(H,17,18)/t9?,10-/m1/s1. The van der Waals surface area contributed by atoms with Gasteiger partial charge in [0.1, 0.15) is 18.7 Å². The molecule has 1 rings (SSSR count). The van der Waals surface area contributed by atoms with E-state index in [0.29, 0.717) is 13.0 Å². The summed E-state index contributed by atoms with van der Waals surface area (Å²) in [7, 11) is 0. The fourth-order valence-electron chi connectivity index (χ4n) is 2.09. The summed E-state index contributed by atoms with van der Waals surface area (Å²) in [4.78, 5) is 35.8. The maximum absolute atomic E-state index is 12.0. The number of ether oxygens (including phenoxy) is 1. The van der Waals surface area contributed by atoms with Crippen LogP contribution in [0.15, 0.2) is 12.7 Å². The summed E-state index contributed by atoms with van der Waals surface area (Å²) in [5.74, 6) is -1.85. The molecule has 0 aromatic carbocycles. The zero-order chi connectivity index (χ0) is 15.1. The van der Waals surface area contributed by atoms with Crippen LogP contribution in [0.25, 0.3) is 0 Å². The minimum absolute atomic E-state index is 0.0126. The van der Waals surface area contributed by atoms with Crippen molar-refractivity contribution in [1.82, 2.24) is 4.90 Å². The molecule has 1 unspecified atom stereocenters. The first-order chi connectivity index (χ1) is 9.47. The van der Waals surface area contributed by atoms with Gasteiger partial charge in [-0.2, -0.15) is 0 Å². The largest absolute Gasteiger partial charge is 0.480 e. The Balaban J connectivity index is 2.51. The van der Waals surface area contributed by atoms with E-state index in [2.05, 4.69) is 6.58 Å². The van der Waals surface area contributed by atoms with Crippen LogP contribution in [-0.2, 0) is 19.1 Å². The maximum atomic E-state index is 12.0. The number of carboxylic acids is 1. The van der Waals surface area contributed by atoms with E-state index in [1.54, 1.807) is 0 Å². The lowest BCUT2D eigenvalue weighted by atomic mass is 10.1. The molecule has 0 bridgehead atoms. The maximum Gasteiger partial charge on any atom is 0.329 e. The van der Waals surface area contributed by atoms with Crippen LogP contribution in [0.3, 0.4) is 0 Å². The highest BCUT2D eigenvalue weighted by atomic mass is 16.5. The van der Waals surface area contributed by atoms with Crippen molar-refractivity contribution >= 4 is 17.8 Å². The summed E-state index contributed by atoms with van der Waals surface area (Å²) in [6, 6.07) is -1.64. The smallest absolute Gasteiger partial charge is 0.329 e. The molecule has 0 radical (unpaired) electrons. The number of likely N-dealkylation sites (tertiary alicyclic amines) is 1. The van der Waals surface area contributed by atoms with Gasteiger partial charge >= 0.3 is 11.9 Å². The van der Waals surface area contributed by atoms with E-state index in [4.69, 9.17) is 15.6 Å². The van der Waals surface area contributed by atoms with Gasteiger partial charge in [-0.25, -0.2) is 4.79 Å². The Morgan fingerprint density at radius 1 is 1.50 bits per heavy atom. The lowest BCUT2D eigenvalue weighted by Gasteiger charge is -2.23. The number of aliphatic carboxylic acids is 1. The zero-order valence-corrected chi connectivity index (χ0v) is 11.3. The Hall–Kier alpha value is -1.89. The molecular weight excluding hydrogens is 264 g/mol. The quantitative estimate of drug-likeness (QED) is 0.499. The van der Waals surface area contributed by atoms with Crippen LogP contribution in [0.4, 0.5) is 0 Å². The van der Waals surface area contributed by atoms with E-state index in [-0.39, 0.29) is 25.4 Å². The van der Waals surface area contributed by atoms with Crippen molar-refractivity contribution in [1.29, 1.82) is 0 Å². The van der Waals surface area contributed by atoms with Crippen LogP contribution in [0.2, 0.25) is 0 Å². The summed E-state index contributed by atoms with van der Waals surface area (Å²) >= 11 is 0. The van der Waals surface area contributed by atoms with Gasteiger partial charge in [0.25, 0.3) is 0 Å². The van der Waals surface area contributed by atoms with Crippen LogP contribution >= 0.6 is 0 Å². The van der Waals surface area contributed by atoms with Crippen molar-refractivity contribution in [2.75, 3.05) is 13.2 Å². The molecule has 3 N–H and O–H groups in total. The van der Waals surface area contributed by atoms with E-state index in [9.17, 15) is 14.4 Å². The van der Waals surface area contributed by atoms with Gasteiger partial charge in [-0.15, -0.1) is 0 Å². The van der Waals surface area contributed by atoms with E-state index >= 15 is 0 Å². The highest BCUT2D eigenvalue weighted by Crippen LogP contribution is 2.20. The monoisotopic (exact) mass is 284 g/mol. The molecule has 1 saturated heterocycles. The van der Waals surface area contributed by atoms with E-state index < -0.39 is 24.0 Å². The lowest BCUT2D eigenvalue weighted by molar-refractivity contribution is -0.152. The molecule has 1 fully saturated rings. The third kappa shape index (κ3) is 4.34. The molecule has 1 heterocycles. The normalized spacial score (nSPS) is 19.4. The number of hydrogen-bond acceptors (Lipinski definition) is 5. The second-order valence-electron chi connectivity index (χ2n) is 4.65. The number of rotatable bonds is 7. The molecule has 0 aromatic rings. The highest BCUT2D eigenvalue weighted by molar-refractivity contribution is 5.85. The minimum atomic E-state index is -1.14. The first kappa shape index (κ1) is 16.2. The number of carboxylic acid groups (broad SMARTS) is 1. The third-order valence-electron chi connectivity index (χ3n) is 3.18. The van der Waals surface area contributed by atoms with Crippen LogP contribution in [-0.4, -0.2) is 53.1 Å². The number of esters is 1. The van der Waals surface area contributed by atoms with Gasteiger partial charge in [0, 0.05) is 13.0 Å². The molecule has 112 valence electrons. The summed E-state index contributed by atoms with van der Waals surface area (Å²) in [6.07, 6.45) is 2.82. The molecule has 1 aliphatic rings. The zero-order valence-electron chi connectivity index (χ0n) is 11.3. The first-order valence-electron chi connectivity index (χ1n) is 6.52. The van der Waals surface area contributed by atoms with Crippen LogP contribution in [0.1, 0.15) is 25.7 Å². The number of amides is 1. The molecule has 7 heteroatoms. The molecule has 7 nitrogen and oxygen atoms in total. The molecule has 1 amide bonds. The molecule has 0 aromatic heterocycles. The topological polar surface area (TPSA) is 110 Å². The van der Waals surface area contributed by atoms with Crippen molar-refractivity contribution in [3.05, 3.63) is 12.7 Å². The number of hydrogen-bond donors (Lipinski definition) is 2. The predicted molar refractivity (Wildman–Crippen MR) is 70.7 cm³/mol. The summed E-state index contributed by atoms with van der Waals surface area (Å²) in [5, 5.41) is 8.66. The van der Waals surface area contributed by atoms with Gasteiger partial charge in [0.05, 0.1) is 0 Å². The lowest BCUT2D eigenvalue weighted by Crippen LogP contribution is -2.42. The Morgan fingerprint density at radius 3 is 2.80 bits per heavy atom. The summed E-state index contributed by atoms with van der Waals surface area (Å²) in [5.41, 5.74) is 5.35. The Bertz CT molecular complexity index is 396. The number of nitrogens with two attached hydrogens (primary N) is 1. The Labute approximate surface area is 117 Å². The fraction of sp³-hybridized carbons (Fsp3) is 0.615.